The third-order valence-corrected chi connectivity index (χ3v) is 4.34. The molecule has 25 heavy (non-hydrogen) atoms. The van der Waals surface area contributed by atoms with E-state index in [0.29, 0.717) is 5.39 Å². The molecule has 0 aliphatic carbocycles. The second-order valence-electron chi connectivity index (χ2n) is 5.91. The summed E-state index contributed by atoms with van der Waals surface area (Å²) in [5.74, 6) is -0.213. The van der Waals surface area contributed by atoms with Gasteiger partial charge in [-0.15, -0.1) is 0 Å². The number of carbonyl (C=O) groups is 1. The Morgan fingerprint density at radius 3 is 2.64 bits per heavy atom. The van der Waals surface area contributed by atoms with Crippen LogP contribution >= 0.6 is 0 Å². The van der Waals surface area contributed by atoms with Gasteiger partial charge in [-0.1, -0.05) is 18.2 Å². The van der Waals surface area contributed by atoms with Gasteiger partial charge in [0.05, 0.1) is 22.8 Å². The summed E-state index contributed by atoms with van der Waals surface area (Å²) < 4.78 is 1.23. The van der Waals surface area contributed by atoms with Crippen LogP contribution in [0.4, 0.5) is 0 Å². The van der Waals surface area contributed by atoms with E-state index in [1.807, 2.05) is 26.0 Å². The van der Waals surface area contributed by atoms with E-state index < -0.39 is 0 Å². The molecule has 1 atom stereocenters. The largest absolute Gasteiger partial charge is 0.336 e. The Hall–Kier alpha value is -3.09. The molecule has 1 aromatic carbocycles. The minimum absolute atomic E-state index is 0.115. The summed E-state index contributed by atoms with van der Waals surface area (Å²) in [5, 5.41) is 5.66. The second kappa shape index (κ2) is 6.80. The van der Waals surface area contributed by atoms with Crippen LogP contribution in [0.5, 0.6) is 0 Å². The molecule has 7 heteroatoms. The van der Waals surface area contributed by atoms with Gasteiger partial charge in [0, 0.05) is 18.6 Å². The first-order chi connectivity index (χ1) is 12.0. The van der Waals surface area contributed by atoms with Crippen LogP contribution in [-0.4, -0.2) is 37.6 Å². The standard InChI is InChI=1S/C18H19N5O2/c1-12-14-6-4-5-7-15(14)18(25)23(21-12)10-17(24)22(3)13(2)16-8-9-19-11-20-16/h4-9,11,13H,10H2,1-3H3. The van der Waals surface area contributed by atoms with E-state index in [0.717, 1.165) is 16.8 Å². The molecule has 0 aliphatic rings. The molecule has 7 nitrogen and oxygen atoms in total. The van der Waals surface area contributed by atoms with Crippen LogP contribution in [0.2, 0.25) is 0 Å². The van der Waals surface area contributed by atoms with Crippen molar-refractivity contribution >= 4 is 16.7 Å². The smallest absolute Gasteiger partial charge is 0.275 e. The van der Waals surface area contributed by atoms with Gasteiger partial charge in [0.2, 0.25) is 5.91 Å². The van der Waals surface area contributed by atoms with Crippen molar-refractivity contribution in [1.29, 1.82) is 0 Å². The van der Waals surface area contributed by atoms with Crippen molar-refractivity contribution in [2.24, 2.45) is 0 Å². The van der Waals surface area contributed by atoms with Crippen LogP contribution in [-0.2, 0) is 11.3 Å². The molecule has 0 spiro atoms. The van der Waals surface area contributed by atoms with Gasteiger partial charge in [-0.05, 0) is 26.0 Å². The summed E-state index contributed by atoms with van der Waals surface area (Å²) in [7, 11) is 1.69. The lowest BCUT2D eigenvalue weighted by atomic mass is 10.1. The highest BCUT2D eigenvalue weighted by atomic mass is 16.2. The molecule has 2 heterocycles. The highest BCUT2D eigenvalue weighted by Gasteiger charge is 2.20. The van der Waals surface area contributed by atoms with Gasteiger partial charge >= 0.3 is 0 Å². The molecular weight excluding hydrogens is 318 g/mol. The molecule has 0 N–H and O–H groups in total. The van der Waals surface area contributed by atoms with Crippen molar-refractivity contribution in [1.82, 2.24) is 24.6 Å². The summed E-state index contributed by atoms with van der Waals surface area (Å²) >= 11 is 0. The first kappa shape index (κ1) is 16.8. The topological polar surface area (TPSA) is 81.0 Å². The van der Waals surface area contributed by atoms with Crippen molar-refractivity contribution in [3.63, 3.8) is 0 Å². The van der Waals surface area contributed by atoms with Crippen molar-refractivity contribution in [3.8, 4) is 0 Å². The van der Waals surface area contributed by atoms with Gasteiger partial charge in [-0.2, -0.15) is 5.10 Å². The van der Waals surface area contributed by atoms with Crippen molar-refractivity contribution < 1.29 is 4.79 Å². The van der Waals surface area contributed by atoms with Crippen LogP contribution < -0.4 is 5.56 Å². The molecule has 1 amide bonds. The van der Waals surface area contributed by atoms with E-state index in [9.17, 15) is 9.59 Å². The number of amides is 1. The van der Waals surface area contributed by atoms with Crippen LogP contribution in [0.15, 0.2) is 47.7 Å². The lowest BCUT2D eigenvalue weighted by Crippen LogP contribution is -2.37. The predicted molar refractivity (Wildman–Crippen MR) is 94.0 cm³/mol. The number of benzene rings is 1. The number of hydrogen-bond donors (Lipinski definition) is 0. The zero-order chi connectivity index (χ0) is 18.0. The number of aryl methyl sites for hydroxylation is 1. The normalized spacial score (nSPS) is 12.1. The van der Waals surface area contributed by atoms with Gasteiger partial charge in [-0.3, -0.25) is 9.59 Å². The molecule has 3 rings (SSSR count). The molecule has 0 saturated carbocycles. The van der Waals surface area contributed by atoms with Crippen LogP contribution in [0.3, 0.4) is 0 Å². The maximum Gasteiger partial charge on any atom is 0.275 e. The number of likely N-dealkylation sites (N-methyl/N-ethyl adjacent to an activating group) is 1. The molecule has 0 aliphatic heterocycles. The van der Waals surface area contributed by atoms with E-state index in [1.54, 1.807) is 36.3 Å². The number of aromatic nitrogens is 4. The molecule has 2 aromatic heterocycles. The number of rotatable bonds is 4. The maximum absolute atomic E-state index is 12.6. The van der Waals surface area contributed by atoms with Crippen molar-refractivity contribution in [2.45, 2.75) is 26.4 Å². The predicted octanol–water partition coefficient (Wildman–Crippen LogP) is 1.71. The zero-order valence-corrected chi connectivity index (χ0v) is 14.4. The van der Waals surface area contributed by atoms with Crippen LogP contribution in [0.25, 0.3) is 10.8 Å². The lowest BCUT2D eigenvalue weighted by molar-refractivity contribution is -0.132. The molecule has 0 radical (unpaired) electrons. The molecule has 0 bridgehead atoms. The van der Waals surface area contributed by atoms with E-state index in [1.165, 1.54) is 11.0 Å². The average Bonchev–Trinajstić information content (AvgIpc) is 2.65. The molecule has 0 fully saturated rings. The third-order valence-electron chi connectivity index (χ3n) is 4.34. The van der Waals surface area contributed by atoms with Crippen molar-refractivity contribution in [2.75, 3.05) is 7.05 Å². The summed E-state index contributed by atoms with van der Waals surface area (Å²) in [6.07, 6.45) is 3.08. The molecule has 128 valence electrons. The Balaban J connectivity index is 1.87. The lowest BCUT2D eigenvalue weighted by Gasteiger charge is -2.24. The van der Waals surface area contributed by atoms with E-state index in [2.05, 4.69) is 15.1 Å². The minimum atomic E-state index is -0.266. The second-order valence-corrected chi connectivity index (χ2v) is 5.91. The summed E-state index contributed by atoms with van der Waals surface area (Å²) in [6.45, 7) is 3.59. The van der Waals surface area contributed by atoms with Gasteiger partial charge < -0.3 is 4.90 Å². The van der Waals surface area contributed by atoms with Crippen LogP contribution in [0, 0.1) is 6.92 Å². The summed E-state index contributed by atoms with van der Waals surface area (Å²) in [6, 6.07) is 8.81. The van der Waals surface area contributed by atoms with E-state index in [4.69, 9.17) is 0 Å². The molecule has 1 unspecified atom stereocenters. The summed E-state index contributed by atoms with van der Waals surface area (Å²) in [5.41, 5.74) is 1.19. The fraction of sp³-hybridized carbons (Fsp3) is 0.278. The minimum Gasteiger partial charge on any atom is -0.336 e. The van der Waals surface area contributed by atoms with E-state index in [-0.39, 0.29) is 24.1 Å². The SMILES string of the molecule is Cc1nn(CC(=O)N(C)C(C)c2ccncn2)c(=O)c2ccccc12. The van der Waals surface area contributed by atoms with E-state index >= 15 is 0 Å². The Bertz CT molecular complexity index is 968. The number of fused-ring (bicyclic) bond motifs is 1. The van der Waals surface area contributed by atoms with Gasteiger partial charge in [0.25, 0.3) is 5.56 Å². The Labute approximate surface area is 144 Å². The fourth-order valence-electron chi connectivity index (χ4n) is 2.71. The number of nitrogens with zero attached hydrogens (tertiary/aromatic N) is 5. The first-order valence-corrected chi connectivity index (χ1v) is 7.97. The molecule has 3 aromatic rings. The van der Waals surface area contributed by atoms with Gasteiger partial charge in [-0.25, -0.2) is 14.6 Å². The fourth-order valence-corrected chi connectivity index (χ4v) is 2.71. The monoisotopic (exact) mass is 337 g/mol. The zero-order valence-electron chi connectivity index (χ0n) is 14.4. The highest BCUT2D eigenvalue weighted by Crippen LogP contribution is 2.16. The third kappa shape index (κ3) is 3.26. The maximum atomic E-state index is 12.6. The first-order valence-electron chi connectivity index (χ1n) is 7.97. The number of carbonyl (C=O) groups excluding carboxylic acids is 1. The van der Waals surface area contributed by atoms with Crippen molar-refractivity contribution in [3.05, 3.63) is 64.6 Å². The molecular formula is C18H19N5O2. The van der Waals surface area contributed by atoms with Crippen LogP contribution in [0.1, 0.15) is 24.4 Å². The summed E-state index contributed by atoms with van der Waals surface area (Å²) in [4.78, 5) is 34.8. The Morgan fingerprint density at radius 2 is 1.96 bits per heavy atom. The number of hydrogen-bond acceptors (Lipinski definition) is 5. The Morgan fingerprint density at radius 1 is 1.24 bits per heavy atom. The van der Waals surface area contributed by atoms with Gasteiger partial charge in [0.15, 0.2) is 0 Å². The van der Waals surface area contributed by atoms with Gasteiger partial charge in [0.1, 0.15) is 12.9 Å². The quantitative estimate of drug-likeness (QED) is 0.724. The molecule has 0 saturated heterocycles. The average molecular weight is 337 g/mol. The highest BCUT2D eigenvalue weighted by molar-refractivity contribution is 5.83. The Kier molecular flexibility index (Phi) is 4.56.